The Balaban J connectivity index is 2.16. The molecule has 0 aliphatic carbocycles. The standard InChI is InChI=1S/C25H23F3N2O2/c1-17(2)11-12-32-20-10-6-9-19(13-20)23-14-22(25(26,27)28)21(15-29)24(31)30(23)16-18-7-4-3-5-8-18/h3-10,13-14,17H,11-12,16H2,1-2H3. The summed E-state index contributed by atoms with van der Waals surface area (Å²) in [7, 11) is 0. The molecule has 0 aliphatic rings. The first kappa shape index (κ1) is 23.1. The van der Waals surface area contributed by atoms with Crippen molar-refractivity contribution in [2.24, 2.45) is 5.92 Å². The third-order valence-electron chi connectivity index (χ3n) is 4.99. The van der Waals surface area contributed by atoms with Crippen LogP contribution in [-0.2, 0) is 12.7 Å². The monoisotopic (exact) mass is 440 g/mol. The Morgan fingerprint density at radius 1 is 1.06 bits per heavy atom. The molecule has 0 saturated heterocycles. The first-order chi connectivity index (χ1) is 15.2. The Hall–Kier alpha value is -3.53. The molecule has 1 aromatic heterocycles. The molecule has 0 spiro atoms. The minimum Gasteiger partial charge on any atom is -0.494 e. The largest absolute Gasteiger partial charge is 0.494 e. The van der Waals surface area contributed by atoms with Crippen LogP contribution >= 0.6 is 0 Å². The molecule has 32 heavy (non-hydrogen) atoms. The van der Waals surface area contributed by atoms with E-state index in [1.807, 2.05) is 0 Å². The Morgan fingerprint density at radius 2 is 1.78 bits per heavy atom. The van der Waals surface area contributed by atoms with Crippen molar-refractivity contribution in [2.45, 2.75) is 33.0 Å². The van der Waals surface area contributed by atoms with Crippen LogP contribution in [-0.4, -0.2) is 11.2 Å². The number of hydrogen-bond acceptors (Lipinski definition) is 3. The number of halogens is 3. The van der Waals surface area contributed by atoms with E-state index in [1.165, 1.54) is 10.6 Å². The van der Waals surface area contributed by atoms with E-state index < -0.39 is 22.9 Å². The van der Waals surface area contributed by atoms with Gasteiger partial charge < -0.3 is 9.30 Å². The predicted molar refractivity (Wildman–Crippen MR) is 116 cm³/mol. The molecule has 0 bridgehead atoms. The van der Waals surface area contributed by atoms with Gasteiger partial charge in [-0.3, -0.25) is 4.79 Å². The summed E-state index contributed by atoms with van der Waals surface area (Å²) < 4.78 is 48.0. The molecule has 0 unspecified atom stereocenters. The van der Waals surface area contributed by atoms with Gasteiger partial charge in [-0.15, -0.1) is 0 Å². The van der Waals surface area contributed by atoms with Gasteiger partial charge in [-0.2, -0.15) is 18.4 Å². The van der Waals surface area contributed by atoms with E-state index in [9.17, 15) is 23.2 Å². The zero-order valence-electron chi connectivity index (χ0n) is 17.8. The lowest BCUT2D eigenvalue weighted by Gasteiger charge is -2.18. The average molecular weight is 440 g/mol. The van der Waals surface area contributed by atoms with E-state index in [0.29, 0.717) is 23.8 Å². The summed E-state index contributed by atoms with van der Waals surface area (Å²) in [5.74, 6) is 0.946. The van der Waals surface area contributed by atoms with Crippen LogP contribution in [0.25, 0.3) is 11.3 Å². The zero-order chi connectivity index (χ0) is 23.3. The van der Waals surface area contributed by atoms with Gasteiger partial charge in [0.15, 0.2) is 0 Å². The van der Waals surface area contributed by atoms with E-state index in [4.69, 9.17) is 4.74 Å². The number of nitriles is 1. The number of alkyl halides is 3. The number of hydrogen-bond donors (Lipinski definition) is 0. The highest BCUT2D eigenvalue weighted by Crippen LogP contribution is 2.34. The van der Waals surface area contributed by atoms with Crippen molar-refractivity contribution >= 4 is 0 Å². The van der Waals surface area contributed by atoms with E-state index in [2.05, 4.69) is 13.8 Å². The third kappa shape index (κ3) is 5.38. The Morgan fingerprint density at radius 3 is 2.41 bits per heavy atom. The van der Waals surface area contributed by atoms with E-state index in [1.54, 1.807) is 54.6 Å². The summed E-state index contributed by atoms with van der Waals surface area (Å²) in [5.41, 5.74) is -1.94. The fourth-order valence-corrected chi connectivity index (χ4v) is 3.30. The quantitative estimate of drug-likeness (QED) is 0.461. The zero-order valence-corrected chi connectivity index (χ0v) is 17.8. The van der Waals surface area contributed by atoms with Gasteiger partial charge >= 0.3 is 6.18 Å². The van der Waals surface area contributed by atoms with Crippen LogP contribution in [0.5, 0.6) is 5.75 Å². The summed E-state index contributed by atoms with van der Waals surface area (Å²) >= 11 is 0. The number of benzene rings is 2. The molecule has 3 aromatic rings. The lowest BCUT2D eigenvalue weighted by atomic mass is 10.0. The summed E-state index contributed by atoms with van der Waals surface area (Å²) in [6.45, 7) is 4.63. The molecule has 0 fully saturated rings. The molecule has 0 N–H and O–H groups in total. The van der Waals surface area contributed by atoms with E-state index in [-0.39, 0.29) is 12.2 Å². The molecule has 0 saturated carbocycles. The molecule has 7 heteroatoms. The summed E-state index contributed by atoms with van der Waals surface area (Å²) in [4.78, 5) is 13.0. The summed E-state index contributed by atoms with van der Waals surface area (Å²) in [5, 5.41) is 9.32. The van der Waals surface area contributed by atoms with Crippen molar-refractivity contribution in [1.82, 2.24) is 4.57 Å². The number of ether oxygens (including phenoxy) is 1. The molecule has 4 nitrogen and oxygen atoms in total. The molecule has 0 radical (unpaired) electrons. The molecular weight excluding hydrogens is 417 g/mol. The van der Waals surface area contributed by atoms with Gasteiger partial charge in [0.05, 0.1) is 24.4 Å². The van der Waals surface area contributed by atoms with Gasteiger partial charge in [-0.25, -0.2) is 0 Å². The van der Waals surface area contributed by atoms with E-state index >= 15 is 0 Å². The topological polar surface area (TPSA) is 55.0 Å². The summed E-state index contributed by atoms with van der Waals surface area (Å²) in [6.07, 6.45) is -4.01. The maximum Gasteiger partial charge on any atom is 0.417 e. The smallest absolute Gasteiger partial charge is 0.417 e. The first-order valence-corrected chi connectivity index (χ1v) is 10.2. The molecule has 0 atom stereocenters. The highest BCUT2D eigenvalue weighted by molar-refractivity contribution is 5.64. The maximum absolute atomic E-state index is 13.7. The number of rotatable bonds is 7. The van der Waals surface area contributed by atoms with Gasteiger partial charge in [-0.05, 0) is 36.1 Å². The van der Waals surface area contributed by atoms with E-state index in [0.717, 1.165) is 18.1 Å². The van der Waals surface area contributed by atoms with Crippen LogP contribution in [0.4, 0.5) is 13.2 Å². The van der Waals surface area contributed by atoms with Crippen molar-refractivity contribution in [2.75, 3.05) is 6.61 Å². The van der Waals surface area contributed by atoms with Gasteiger partial charge in [0.25, 0.3) is 5.56 Å². The van der Waals surface area contributed by atoms with Crippen LogP contribution < -0.4 is 10.3 Å². The Labute approximate surface area is 184 Å². The molecule has 0 aliphatic heterocycles. The molecule has 1 heterocycles. The molecule has 3 rings (SSSR count). The molecule has 2 aromatic carbocycles. The normalized spacial score (nSPS) is 11.4. The number of aromatic nitrogens is 1. The maximum atomic E-state index is 13.7. The second-order valence-corrected chi connectivity index (χ2v) is 7.86. The predicted octanol–water partition coefficient (Wildman–Crippen LogP) is 5.88. The second kappa shape index (κ2) is 9.73. The lowest BCUT2D eigenvalue weighted by molar-refractivity contribution is -0.137. The lowest BCUT2D eigenvalue weighted by Crippen LogP contribution is -2.28. The highest BCUT2D eigenvalue weighted by Gasteiger charge is 2.36. The van der Waals surface area contributed by atoms with Gasteiger partial charge in [0.2, 0.25) is 0 Å². The molecular formula is C25H23F3N2O2. The Bertz CT molecular complexity index is 1180. The third-order valence-corrected chi connectivity index (χ3v) is 4.99. The van der Waals surface area contributed by atoms with Gasteiger partial charge in [-0.1, -0.05) is 56.3 Å². The number of pyridine rings is 1. The molecule has 166 valence electrons. The summed E-state index contributed by atoms with van der Waals surface area (Å²) in [6, 6.07) is 17.8. The van der Waals surface area contributed by atoms with Crippen LogP contribution in [0.3, 0.4) is 0 Å². The minimum absolute atomic E-state index is 0.0280. The van der Waals surface area contributed by atoms with Crippen molar-refractivity contribution in [3.63, 3.8) is 0 Å². The van der Waals surface area contributed by atoms with Gasteiger partial charge in [0.1, 0.15) is 17.4 Å². The van der Waals surface area contributed by atoms with Crippen molar-refractivity contribution in [3.8, 4) is 23.1 Å². The van der Waals surface area contributed by atoms with Crippen molar-refractivity contribution in [1.29, 1.82) is 5.26 Å². The minimum atomic E-state index is -4.84. The highest BCUT2D eigenvalue weighted by atomic mass is 19.4. The van der Waals surface area contributed by atoms with Crippen LogP contribution in [0.15, 0.2) is 65.5 Å². The van der Waals surface area contributed by atoms with Crippen LogP contribution in [0.2, 0.25) is 0 Å². The fraction of sp³-hybridized carbons (Fsp3) is 0.280. The number of nitrogens with zero attached hydrogens (tertiary/aromatic N) is 2. The fourth-order valence-electron chi connectivity index (χ4n) is 3.30. The Kier molecular flexibility index (Phi) is 7.04. The average Bonchev–Trinajstić information content (AvgIpc) is 2.75. The van der Waals surface area contributed by atoms with Crippen molar-refractivity contribution in [3.05, 3.63) is 87.7 Å². The SMILES string of the molecule is CC(C)CCOc1cccc(-c2cc(C(F)(F)F)c(C#N)c(=O)n2Cc2ccccc2)c1. The van der Waals surface area contributed by atoms with Crippen LogP contribution in [0.1, 0.15) is 37.0 Å². The molecule has 0 amide bonds. The van der Waals surface area contributed by atoms with Crippen molar-refractivity contribution < 1.29 is 17.9 Å². The van der Waals surface area contributed by atoms with Gasteiger partial charge in [0, 0.05) is 5.56 Å². The second-order valence-electron chi connectivity index (χ2n) is 7.86. The first-order valence-electron chi connectivity index (χ1n) is 10.2. The van der Waals surface area contributed by atoms with Crippen LogP contribution in [0, 0.1) is 17.2 Å².